The van der Waals surface area contributed by atoms with Gasteiger partial charge in [-0.3, -0.25) is 0 Å². The van der Waals surface area contributed by atoms with Gasteiger partial charge in [0.15, 0.2) is 0 Å². The fourth-order valence-corrected chi connectivity index (χ4v) is 2.83. The molecule has 160 valence electrons. The highest BCUT2D eigenvalue weighted by atomic mass is 16.5. The lowest BCUT2D eigenvalue weighted by atomic mass is 10.1. The molecule has 0 atom stereocenters. The Bertz CT molecular complexity index is 1180. The van der Waals surface area contributed by atoms with E-state index in [2.05, 4.69) is 19.9 Å². The number of carboxylic acids is 1. The van der Waals surface area contributed by atoms with Crippen molar-refractivity contribution in [1.82, 2.24) is 19.9 Å². The normalized spacial score (nSPS) is 9.91. The van der Waals surface area contributed by atoms with Gasteiger partial charge in [0.2, 0.25) is 0 Å². The SMILES string of the molecule is CCOC(=O)c1cncnc1-c1ccccc1.O=C(O)c1cncnc1-c1ccccc1. The maximum Gasteiger partial charge on any atom is 0.341 e. The number of carboxylic acid groups (broad SMARTS) is 1. The van der Waals surface area contributed by atoms with E-state index >= 15 is 0 Å². The first-order chi connectivity index (χ1) is 15.6. The zero-order valence-electron chi connectivity index (χ0n) is 17.3. The molecular formula is C24H20N4O4. The second-order valence-corrected chi connectivity index (χ2v) is 6.33. The number of ether oxygens (including phenoxy) is 1. The van der Waals surface area contributed by atoms with Crippen LogP contribution in [0.3, 0.4) is 0 Å². The molecular weight excluding hydrogens is 408 g/mol. The molecule has 0 aliphatic carbocycles. The van der Waals surface area contributed by atoms with E-state index in [1.54, 1.807) is 6.92 Å². The Hall–Kier alpha value is -4.46. The summed E-state index contributed by atoms with van der Waals surface area (Å²) in [5.74, 6) is -1.42. The van der Waals surface area contributed by atoms with E-state index < -0.39 is 11.9 Å². The zero-order chi connectivity index (χ0) is 22.8. The minimum absolute atomic E-state index is 0.115. The fourth-order valence-electron chi connectivity index (χ4n) is 2.83. The van der Waals surface area contributed by atoms with Gasteiger partial charge < -0.3 is 9.84 Å². The van der Waals surface area contributed by atoms with E-state index in [0.717, 1.165) is 11.1 Å². The van der Waals surface area contributed by atoms with Gasteiger partial charge in [-0.05, 0) is 6.92 Å². The molecule has 0 amide bonds. The van der Waals surface area contributed by atoms with Gasteiger partial charge in [-0.25, -0.2) is 29.5 Å². The second kappa shape index (κ2) is 11.1. The molecule has 2 heterocycles. The topological polar surface area (TPSA) is 115 Å². The predicted octanol–water partition coefficient (Wildman–Crippen LogP) is 4.16. The van der Waals surface area contributed by atoms with E-state index in [1.165, 1.54) is 25.0 Å². The third kappa shape index (κ3) is 5.57. The molecule has 2 aromatic heterocycles. The van der Waals surface area contributed by atoms with Gasteiger partial charge >= 0.3 is 11.9 Å². The van der Waals surface area contributed by atoms with Crippen molar-refractivity contribution in [3.63, 3.8) is 0 Å². The standard InChI is InChI=1S/C13H12N2O2.C11H8N2O2/c1-2-17-13(16)11-8-14-9-15-12(11)10-6-4-3-5-7-10;14-11(15)9-6-12-7-13-10(9)8-4-2-1-3-5-8/h3-9H,2H2,1H3;1-7H,(H,14,15). The number of aromatic nitrogens is 4. The molecule has 0 aliphatic heterocycles. The molecule has 32 heavy (non-hydrogen) atoms. The van der Waals surface area contributed by atoms with Crippen LogP contribution in [-0.2, 0) is 4.74 Å². The number of carbonyl (C=O) groups excluding carboxylic acids is 1. The highest BCUT2D eigenvalue weighted by Gasteiger charge is 2.15. The van der Waals surface area contributed by atoms with E-state index in [1.807, 2.05) is 60.7 Å². The Labute approximate surface area is 184 Å². The monoisotopic (exact) mass is 428 g/mol. The molecule has 0 radical (unpaired) electrons. The van der Waals surface area contributed by atoms with Gasteiger partial charge in [0, 0.05) is 23.5 Å². The molecule has 0 unspecified atom stereocenters. The summed E-state index contributed by atoms with van der Waals surface area (Å²) in [5.41, 5.74) is 3.19. The highest BCUT2D eigenvalue weighted by molar-refractivity contribution is 5.95. The average molecular weight is 428 g/mol. The number of hydrogen-bond acceptors (Lipinski definition) is 7. The van der Waals surface area contributed by atoms with Crippen molar-refractivity contribution in [2.45, 2.75) is 6.92 Å². The van der Waals surface area contributed by atoms with Crippen molar-refractivity contribution in [1.29, 1.82) is 0 Å². The maximum atomic E-state index is 11.7. The molecule has 0 saturated heterocycles. The highest BCUT2D eigenvalue weighted by Crippen LogP contribution is 2.21. The van der Waals surface area contributed by atoms with Crippen LogP contribution in [0.15, 0.2) is 85.7 Å². The van der Waals surface area contributed by atoms with E-state index in [-0.39, 0.29) is 5.56 Å². The Kier molecular flexibility index (Phi) is 7.69. The summed E-state index contributed by atoms with van der Waals surface area (Å²) in [6, 6.07) is 18.7. The number of nitrogens with zero attached hydrogens (tertiary/aromatic N) is 4. The van der Waals surface area contributed by atoms with Crippen LogP contribution in [0.5, 0.6) is 0 Å². The summed E-state index contributed by atoms with van der Waals surface area (Å²) >= 11 is 0. The molecule has 0 bridgehead atoms. The van der Waals surface area contributed by atoms with Gasteiger partial charge in [0.1, 0.15) is 23.8 Å². The van der Waals surface area contributed by atoms with Crippen molar-refractivity contribution in [2.75, 3.05) is 6.61 Å². The summed E-state index contributed by atoms with van der Waals surface area (Å²) in [5, 5.41) is 8.95. The third-order valence-electron chi connectivity index (χ3n) is 4.24. The first-order valence-electron chi connectivity index (χ1n) is 9.73. The van der Waals surface area contributed by atoms with Crippen LogP contribution in [0, 0.1) is 0 Å². The van der Waals surface area contributed by atoms with Crippen LogP contribution in [-0.4, -0.2) is 43.6 Å². The minimum atomic E-state index is -1.02. The number of carbonyl (C=O) groups is 2. The summed E-state index contributed by atoms with van der Waals surface area (Å²) in [4.78, 5) is 38.3. The Balaban J connectivity index is 0.000000182. The van der Waals surface area contributed by atoms with Gasteiger partial charge in [-0.2, -0.15) is 0 Å². The van der Waals surface area contributed by atoms with Gasteiger partial charge in [-0.1, -0.05) is 60.7 Å². The average Bonchev–Trinajstić information content (AvgIpc) is 2.85. The largest absolute Gasteiger partial charge is 0.478 e. The van der Waals surface area contributed by atoms with Crippen LogP contribution in [0.4, 0.5) is 0 Å². The molecule has 0 fully saturated rings. The molecule has 8 nitrogen and oxygen atoms in total. The predicted molar refractivity (Wildman–Crippen MR) is 118 cm³/mol. The van der Waals surface area contributed by atoms with Gasteiger partial charge in [0.05, 0.1) is 18.0 Å². The molecule has 0 spiro atoms. The lowest BCUT2D eigenvalue weighted by Gasteiger charge is -2.06. The Morgan fingerprint density at radius 1 is 0.781 bits per heavy atom. The minimum Gasteiger partial charge on any atom is -0.478 e. The van der Waals surface area contributed by atoms with E-state index in [9.17, 15) is 9.59 Å². The maximum absolute atomic E-state index is 11.7. The number of aromatic carboxylic acids is 1. The Morgan fingerprint density at radius 2 is 1.25 bits per heavy atom. The van der Waals surface area contributed by atoms with E-state index in [0.29, 0.717) is 23.6 Å². The molecule has 1 N–H and O–H groups in total. The van der Waals surface area contributed by atoms with Crippen LogP contribution in [0.1, 0.15) is 27.6 Å². The first-order valence-corrected chi connectivity index (χ1v) is 9.73. The lowest BCUT2D eigenvalue weighted by Crippen LogP contribution is -2.08. The first kappa shape index (κ1) is 22.2. The molecule has 4 rings (SSSR count). The molecule has 0 aliphatic rings. The van der Waals surface area contributed by atoms with Crippen LogP contribution >= 0.6 is 0 Å². The van der Waals surface area contributed by atoms with Crippen molar-refractivity contribution >= 4 is 11.9 Å². The molecule has 8 heteroatoms. The fraction of sp³-hybridized carbons (Fsp3) is 0.0833. The molecule has 4 aromatic rings. The number of hydrogen-bond donors (Lipinski definition) is 1. The van der Waals surface area contributed by atoms with Crippen LogP contribution < -0.4 is 0 Å². The second-order valence-electron chi connectivity index (χ2n) is 6.33. The number of rotatable bonds is 5. The van der Waals surface area contributed by atoms with Crippen molar-refractivity contribution < 1.29 is 19.4 Å². The molecule has 2 aromatic carbocycles. The van der Waals surface area contributed by atoms with Crippen molar-refractivity contribution in [3.05, 3.63) is 96.8 Å². The lowest BCUT2D eigenvalue weighted by molar-refractivity contribution is 0.0525. The van der Waals surface area contributed by atoms with Crippen molar-refractivity contribution in [3.8, 4) is 22.5 Å². The smallest absolute Gasteiger partial charge is 0.341 e. The van der Waals surface area contributed by atoms with Gasteiger partial charge in [0.25, 0.3) is 0 Å². The molecule has 0 saturated carbocycles. The summed E-state index contributed by atoms with van der Waals surface area (Å²) in [6.45, 7) is 2.10. The van der Waals surface area contributed by atoms with Crippen LogP contribution in [0.25, 0.3) is 22.5 Å². The quantitative estimate of drug-likeness (QED) is 0.471. The van der Waals surface area contributed by atoms with Gasteiger partial charge in [-0.15, -0.1) is 0 Å². The van der Waals surface area contributed by atoms with Crippen molar-refractivity contribution in [2.24, 2.45) is 0 Å². The summed E-state index contributed by atoms with van der Waals surface area (Å²) < 4.78 is 4.97. The summed E-state index contributed by atoms with van der Waals surface area (Å²) in [7, 11) is 0. The number of benzene rings is 2. The van der Waals surface area contributed by atoms with Crippen LogP contribution in [0.2, 0.25) is 0 Å². The summed E-state index contributed by atoms with van der Waals surface area (Å²) in [6.07, 6.45) is 5.55. The third-order valence-corrected chi connectivity index (χ3v) is 4.24. The number of esters is 1. The van der Waals surface area contributed by atoms with E-state index in [4.69, 9.17) is 9.84 Å². The zero-order valence-corrected chi connectivity index (χ0v) is 17.3. The Morgan fingerprint density at radius 3 is 1.72 bits per heavy atom.